The Hall–Kier alpha value is -0.0500. The van der Waals surface area contributed by atoms with Crippen LogP contribution in [0.4, 0.5) is 0 Å². The molecular weight excluding hydrogens is 249 g/mol. The average molecular weight is 261 g/mol. The van der Waals surface area contributed by atoms with Crippen molar-refractivity contribution in [1.82, 2.24) is 0 Å². The van der Waals surface area contributed by atoms with Crippen LogP contribution in [0, 0.1) is 0 Å². The zero-order valence-corrected chi connectivity index (χ0v) is 9.69. The molecule has 0 radical (unpaired) electrons. The van der Waals surface area contributed by atoms with E-state index in [0.717, 1.165) is 15.9 Å². The van der Waals surface area contributed by atoms with Crippen molar-refractivity contribution in [3.8, 4) is 0 Å². The molecule has 1 aliphatic rings. The standard InChI is InChI=1S/C10H11BrClN/c1-10(5-9(10)13)7-3-2-6(11)4-8(7)12/h2-4,9H,5,13H2,1H3. The first-order valence-electron chi connectivity index (χ1n) is 4.25. The van der Waals surface area contributed by atoms with E-state index in [4.69, 9.17) is 17.3 Å². The Kier molecular flexibility index (Phi) is 2.17. The minimum atomic E-state index is 0.109. The van der Waals surface area contributed by atoms with Crippen LogP contribution in [0.15, 0.2) is 22.7 Å². The highest BCUT2D eigenvalue weighted by molar-refractivity contribution is 9.10. The molecule has 2 N–H and O–H groups in total. The lowest BCUT2D eigenvalue weighted by Gasteiger charge is -2.12. The van der Waals surface area contributed by atoms with Crippen molar-refractivity contribution in [2.24, 2.45) is 5.73 Å². The Morgan fingerprint density at radius 2 is 2.23 bits per heavy atom. The van der Waals surface area contributed by atoms with Crippen molar-refractivity contribution in [2.75, 3.05) is 0 Å². The molecular formula is C10H11BrClN. The van der Waals surface area contributed by atoms with Crippen LogP contribution in [0.2, 0.25) is 5.02 Å². The molecule has 70 valence electrons. The summed E-state index contributed by atoms with van der Waals surface area (Å²) in [5.41, 5.74) is 7.15. The number of hydrogen-bond acceptors (Lipinski definition) is 1. The first kappa shape index (κ1) is 9.50. The number of benzene rings is 1. The van der Waals surface area contributed by atoms with Crippen LogP contribution in [0.1, 0.15) is 18.9 Å². The minimum Gasteiger partial charge on any atom is -0.327 e. The maximum atomic E-state index is 6.13. The van der Waals surface area contributed by atoms with Crippen molar-refractivity contribution in [3.05, 3.63) is 33.3 Å². The lowest BCUT2D eigenvalue weighted by Crippen LogP contribution is -2.14. The molecule has 1 aromatic carbocycles. The molecule has 1 nitrogen and oxygen atoms in total. The SMILES string of the molecule is CC1(c2ccc(Br)cc2Cl)CC1N. The first-order chi connectivity index (χ1) is 6.04. The van der Waals surface area contributed by atoms with E-state index in [0.29, 0.717) is 0 Å². The van der Waals surface area contributed by atoms with Gasteiger partial charge in [0, 0.05) is 21.0 Å². The van der Waals surface area contributed by atoms with Gasteiger partial charge in [-0.25, -0.2) is 0 Å². The third-order valence-electron chi connectivity index (χ3n) is 2.85. The summed E-state index contributed by atoms with van der Waals surface area (Å²) in [6.07, 6.45) is 1.04. The summed E-state index contributed by atoms with van der Waals surface area (Å²) in [5.74, 6) is 0. The highest BCUT2D eigenvalue weighted by atomic mass is 79.9. The topological polar surface area (TPSA) is 26.0 Å². The molecule has 13 heavy (non-hydrogen) atoms. The monoisotopic (exact) mass is 259 g/mol. The van der Waals surface area contributed by atoms with Crippen molar-refractivity contribution in [2.45, 2.75) is 24.8 Å². The highest BCUT2D eigenvalue weighted by Gasteiger charge is 2.49. The van der Waals surface area contributed by atoms with E-state index in [-0.39, 0.29) is 11.5 Å². The molecule has 3 heteroatoms. The van der Waals surface area contributed by atoms with Crippen molar-refractivity contribution >= 4 is 27.5 Å². The van der Waals surface area contributed by atoms with Crippen LogP contribution < -0.4 is 5.73 Å². The molecule has 0 amide bonds. The van der Waals surface area contributed by atoms with Gasteiger partial charge in [-0.15, -0.1) is 0 Å². The van der Waals surface area contributed by atoms with Gasteiger partial charge in [0.25, 0.3) is 0 Å². The molecule has 2 rings (SSSR count). The molecule has 2 unspecified atom stereocenters. The summed E-state index contributed by atoms with van der Waals surface area (Å²) in [6, 6.07) is 6.26. The van der Waals surface area contributed by atoms with Crippen molar-refractivity contribution < 1.29 is 0 Å². The summed E-state index contributed by atoms with van der Waals surface area (Å²) in [6.45, 7) is 2.16. The van der Waals surface area contributed by atoms with E-state index in [1.54, 1.807) is 0 Å². The second-order valence-electron chi connectivity index (χ2n) is 3.85. The Bertz CT molecular complexity index is 353. The molecule has 1 aliphatic carbocycles. The first-order valence-corrected chi connectivity index (χ1v) is 5.42. The third-order valence-corrected chi connectivity index (χ3v) is 3.65. The Morgan fingerprint density at radius 3 is 2.69 bits per heavy atom. The van der Waals surface area contributed by atoms with Gasteiger partial charge >= 0.3 is 0 Å². The van der Waals surface area contributed by atoms with Gasteiger partial charge in [0.15, 0.2) is 0 Å². The van der Waals surface area contributed by atoms with Gasteiger partial charge in [-0.1, -0.05) is 40.5 Å². The highest BCUT2D eigenvalue weighted by Crippen LogP contribution is 2.49. The van der Waals surface area contributed by atoms with Gasteiger partial charge in [0.05, 0.1) is 0 Å². The summed E-state index contributed by atoms with van der Waals surface area (Å²) >= 11 is 9.52. The fraction of sp³-hybridized carbons (Fsp3) is 0.400. The predicted octanol–water partition coefficient (Wildman–Crippen LogP) is 3.09. The molecule has 1 fully saturated rings. The maximum absolute atomic E-state index is 6.13. The molecule has 0 aliphatic heterocycles. The predicted molar refractivity (Wildman–Crippen MR) is 59.1 cm³/mol. The van der Waals surface area contributed by atoms with E-state index >= 15 is 0 Å². The second-order valence-corrected chi connectivity index (χ2v) is 5.18. The molecule has 0 aromatic heterocycles. The van der Waals surface area contributed by atoms with Gasteiger partial charge in [0.2, 0.25) is 0 Å². The maximum Gasteiger partial charge on any atom is 0.0455 e. The number of halogens is 2. The van der Waals surface area contributed by atoms with Gasteiger partial charge in [-0.3, -0.25) is 0 Å². The molecule has 0 heterocycles. The Labute approximate surface area is 91.4 Å². The number of nitrogens with two attached hydrogens (primary N) is 1. The van der Waals surface area contributed by atoms with Gasteiger partial charge in [-0.05, 0) is 24.1 Å². The van der Waals surface area contributed by atoms with Crippen LogP contribution in [0.5, 0.6) is 0 Å². The van der Waals surface area contributed by atoms with E-state index in [1.807, 2.05) is 12.1 Å². The second kappa shape index (κ2) is 2.97. The summed E-state index contributed by atoms with van der Waals surface area (Å²) in [5, 5.41) is 0.810. The lowest BCUT2D eigenvalue weighted by molar-refractivity contribution is 0.741. The molecule has 0 spiro atoms. The van der Waals surface area contributed by atoms with E-state index in [9.17, 15) is 0 Å². The van der Waals surface area contributed by atoms with Crippen LogP contribution >= 0.6 is 27.5 Å². The van der Waals surface area contributed by atoms with Crippen molar-refractivity contribution in [3.63, 3.8) is 0 Å². The van der Waals surface area contributed by atoms with Gasteiger partial charge in [0.1, 0.15) is 0 Å². The van der Waals surface area contributed by atoms with Crippen LogP contribution in [-0.2, 0) is 5.41 Å². The summed E-state index contributed by atoms with van der Waals surface area (Å²) in [7, 11) is 0. The number of rotatable bonds is 1. The minimum absolute atomic E-state index is 0.109. The Morgan fingerprint density at radius 1 is 1.62 bits per heavy atom. The molecule has 1 saturated carbocycles. The lowest BCUT2D eigenvalue weighted by atomic mass is 9.97. The summed E-state index contributed by atoms with van der Waals surface area (Å²) < 4.78 is 1.01. The van der Waals surface area contributed by atoms with Crippen LogP contribution in [0.25, 0.3) is 0 Å². The smallest absolute Gasteiger partial charge is 0.0455 e. The van der Waals surface area contributed by atoms with E-state index in [2.05, 4.69) is 28.9 Å². The van der Waals surface area contributed by atoms with Crippen LogP contribution in [-0.4, -0.2) is 6.04 Å². The van der Waals surface area contributed by atoms with Crippen LogP contribution in [0.3, 0.4) is 0 Å². The quantitative estimate of drug-likeness (QED) is 0.825. The molecule has 0 bridgehead atoms. The van der Waals surface area contributed by atoms with Crippen molar-refractivity contribution in [1.29, 1.82) is 0 Å². The number of hydrogen-bond donors (Lipinski definition) is 1. The van der Waals surface area contributed by atoms with E-state index in [1.165, 1.54) is 5.56 Å². The Balaban J connectivity index is 2.42. The molecule has 1 aromatic rings. The van der Waals surface area contributed by atoms with E-state index < -0.39 is 0 Å². The molecule has 2 atom stereocenters. The zero-order chi connectivity index (χ0) is 9.64. The fourth-order valence-corrected chi connectivity index (χ4v) is 2.55. The fourth-order valence-electron chi connectivity index (χ4n) is 1.66. The molecule has 0 saturated heterocycles. The van der Waals surface area contributed by atoms with Gasteiger partial charge in [-0.2, -0.15) is 0 Å². The van der Waals surface area contributed by atoms with Gasteiger partial charge < -0.3 is 5.73 Å². The summed E-state index contributed by atoms with van der Waals surface area (Å²) in [4.78, 5) is 0. The zero-order valence-electron chi connectivity index (χ0n) is 7.35. The normalized spacial score (nSPS) is 31.8. The average Bonchev–Trinajstić information content (AvgIpc) is 2.59. The third kappa shape index (κ3) is 1.51. The largest absolute Gasteiger partial charge is 0.327 e.